The summed E-state index contributed by atoms with van der Waals surface area (Å²) in [5, 5.41) is 3.89. The summed E-state index contributed by atoms with van der Waals surface area (Å²) in [6.07, 6.45) is 2.37. The fraction of sp³-hybridized carbons (Fsp3) is 0.667. The monoisotopic (exact) mass is 240 g/mol. The average molecular weight is 240 g/mol. The molecule has 0 atom stereocenters. The minimum Gasteiger partial charge on any atom is -0.300 e. The quantitative estimate of drug-likeness (QED) is 0.517. The van der Waals surface area contributed by atoms with Gasteiger partial charge in [-0.25, -0.2) is 5.43 Å². The largest absolute Gasteiger partial charge is 0.300 e. The lowest BCUT2D eigenvalue weighted by molar-refractivity contribution is -0.124. The lowest BCUT2D eigenvalue weighted by atomic mass is 10.1. The van der Waals surface area contributed by atoms with Crippen molar-refractivity contribution in [3.05, 3.63) is 0 Å². The molecule has 0 saturated heterocycles. The Labute approximate surface area is 102 Å². The van der Waals surface area contributed by atoms with E-state index in [9.17, 15) is 14.4 Å². The maximum Gasteiger partial charge on any atom is 0.240 e. The smallest absolute Gasteiger partial charge is 0.240 e. The van der Waals surface area contributed by atoms with Crippen LogP contribution in [-0.4, -0.2) is 23.2 Å². The molecule has 0 rings (SSSR count). The first-order valence-electron chi connectivity index (χ1n) is 5.72. The Balaban J connectivity index is 3.77. The highest BCUT2D eigenvalue weighted by Gasteiger charge is 2.02. The van der Waals surface area contributed by atoms with Crippen molar-refractivity contribution in [2.45, 2.75) is 52.9 Å². The number of carbonyl (C=O) groups is 3. The maximum atomic E-state index is 11.2. The lowest BCUT2D eigenvalue weighted by Gasteiger charge is -2.01. The predicted octanol–water partition coefficient (Wildman–Crippen LogP) is 1.61. The van der Waals surface area contributed by atoms with Gasteiger partial charge in [-0.15, -0.1) is 0 Å². The maximum absolute atomic E-state index is 11.2. The first-order chi connectivity index (χ1) is 7.91. The van der Waals surface area contributed by atoms with Gasteiger partial charge >= 0.3 is 0 Å². The van der Waals surface area contributed by atoms with Crippen molar-refractivity contribution in [3.8, 4) is 0 Å². The summed E-state index contributed by atoms with van der Waals surface area (Å²) in [7, 11) is 0. The van der Waals surface area contributed by atoms with Crippen molar-refractivity contribution in [1.82, 2.24) is 5.43 Å². The normalized spacial score (nSPS) is 11.1. The Kier molecular flexibility index (Phi) is 7.84. The molecule has 0 aliphatic rings. The van der Waals surface area contributed by atoms with Crippen LogP contribution >= 0.6 is 0 Å². The molecule has 0 heterocycles. The molecular formula is C12H20N2O3. The number of hydrazone groups is 1. The Morgan fingerprint density at radius 2 is 1.47 bits per heavy atom. The second-order valence-electron chi connectivity index (χ2n) is 4.14. The molecule has 0 saturated carbocycles. The van der Waals surface area contributed by atoms with E-state index in [0.717, 1.165) is 12.1 Å². The third-order valence-corrected chi connectivity index (χ3v) is 2.14. The van der Waals surface area contributed by atoms with Crippen molar-refractivity contribution in [2.24, 2.45) is 5.10 Å². The van der Waals surface area contributed by atoms with Crippen molar-refractivity contribution < 1.29 is 14.4 Å². The van der Waals surface area contributed by atoms with Crippen LogP contribution < -0.4 is 5.43 Å². The van der Waals surface area contributed by atoms with Gasteiger partial charge in [0.2, 0.25) is 5.91 Å². The van der Waals surface area contributed by atoms with Crippen LogP contribution in [0.3, 0.4) is 0 Å². The van der Waals surface area contributed by atoms with Crippen molar-refractivity contribution >= 4 is 23.2 Å². The van der Waals surface area contributed by atoms with Crippen LogP contribution in [0.25, 0.3) is 0 Å². The SMILES string of the molecule is CC(=O)CCC/C(C)=N/NC(=O)CCC(C)=O. The van der Waals surface area contributed by atoms with Gasteiger partial charge in [0.15, 0.2) is 0 Å². The van der Waals surface area contributed by atoms with Crippen LogP contribution in [0.5, 0.6) is 0 Å². The van der Waals surface area contributed by atoms with Crippen LogP contribution in [0.4, 0.5) is 0 Å². The first kappa shape index (κ1) is 15.5. The van der Waals surface area contributed by atoms with Gasteiger partial charge in [-0.2, -0.15) is 5.10 Å². The summed E-state index contributed by atoms with van der Waals surface area (Å²) in [5.74, 6) is -0.114. The van der Waals surface area contributed by atoms with Gasteiger partial charge in [0.25, 0.3) is 0 Å². The van der Waals surface area contributed by atoms with Gasteiger partial charge in [0, 0.05) is 25.0 Å². The zero-order valence-electron chi connectivity index (χ0n) is 10.7. The molecule has 0 aromatic rings. The zero-order valence-corrected chi connectivity index (χ0v) is 10.7. The summed E-state index contributed by atoms with van der Waals surface area (Å²) in [5.41, 5.74) is 3.17. The fourth-order valence-corrected chi connectivity index (χ4v) is 1.15. The van der Waals surface area contributed by atoms with E-state index in [1.807, 2.05) is 0 Å². The number of hydrogen-bond acceptors (Lipinski definition) is 4. The number of nitrogens with zero attached hydrogens (tertiary/aromatic N) is 1. The summed E-state index contributed by atoms with van der Waals surface area (Å²) in [4.78, 5) is 32.6. The molecule has 17 heavy (non-hydrogen) atoms. The highest BCUT2D eigenvalue weighted by Crippen LogP contribution is 1.98. The number of Topliss-reactive ketones (excluding diaryl/α,β-unsaturated/α-hetero) is 2. The van der Waals surface area contributed by atoms with E-state index >= 15 is 0 Å². The molecule has 5 heteroatoms. The van der Waals surface area contributed by atoms with E-state index in [2.05, 4.69) is 10.5 Å². The molecule has 0 aromatic carbocycles. The van der Waals surface area contributed by atoms with Crippen LogP contribution in [0.1, 0.15) is 52.9 Å². The molecule has 0 aliphatic heterocycles. The van der Waals surface area contributed by atoms with Crippen LogP contribution in [0.15, 0.2) is 5.10 Å². The van der Waals surface area contributed by atoms with E-state index in [1.54, 1.807) is 13.8 Å². The van der Waals surface area contributed by atoms with E-state index in [1.165, 1.54) is 6.92 Å². The van der Waals surface area contributed by atoms with Crippen molar-refractivity contribution in [1.29, 1.82) is 0 Å². The molecule has 0 aliphatic carbocycles. The van der Waals surface area contributed by atoms with E-state index in [0.29, 0.717) is 12.8 Å². The minimum absolute atomic E-state index is 0.0118. The van der Waals surface area contributed by atoms with E-state index in [4.69, 9.17) is 0 Å². The standard InChI is InChI=1S/C12H20N2O3/c1-9(5-4-6-10(2)15)13-14-12(17)8-7-11(3)16/h4-8H2,1-3H3,(H,14,17)/b13-9+. The molecule has 1 N–H and O–H groups in total. The third kappa shape index (κ3) is 10.8. The summed E-state index contributed by atoms with van der Waals surface area (Å²) in [6.45, 7) is 4.80. The number of nitrogens with one attached hydrogen (secondary N) is 1. The second-order valence-corrected chi connectivity index (χ2v) is 4.14. The van der Waals surface area contributed by atoms with Gasteiger partial charge in [-0.3, -0.25) is 4.79 Å². The topological polar surface area (TPSA) is 75.6 Å². The number of amides is 1. The minimum atomic E-state index is -0.258. The Morgan fingerprint density at radius 3 is 2.00 bits per heavy atom. The first-order valence-corrected chi connectivity index (χ1v) is 5.72. The molecule has 0 bridgehead atoms. The van der Waals surface area contributed by atoms with Gasteiger partial charge in [-0.05, 0) is 33.6 Å². The fourth-order valence-electron chi connectivity index (χ4n) is 1.15. The second kappa shape index (κ2) is 8.61. The molecule has 1 amide bonds. The summed E-state index contributed by atoms with van der Waals surface area (Å²) < 4.78 is 0. The molecule has 5 nitrogen and oxygen atoms in total. The number of hydrogen-bond donors (Lipinski definition) is 1. The van der Waals surface area contributed by atoms with Crippen molar-refractivity contribution in [3.63, 3.8) is 0 Å². The van der Waals surface area contributed by atoms with E-state index < -0.39 is 0 Å². The molecule has 96 valence electrons. The number of ketones is 2. The highest BCUT2D eigenvalue weighted by atomic mass is 16.2. The molecule has 0 radical (unpaired) electrons. The average Bonchev–Trinajstić information content (AvgIpc) is 2.23. The summed E-state index contributed by atoms with van der Waals surface area (Å²) in [6, 6.07) is 0. The Bertz CT molecular complexity index is 322. The highest BCUT2D eigenvalue weighted by molar-refractivity contribution is 5.86. The predicted molar refractivity (Wildman–Crippen MR) is 65.7 cm³/mol. The van der Waals surface area contributed by atoms with Crippen LogP contribution in [0, 0.1) is 0 Å². The van der Waals surface area contributed by atoms with Gasteiger partial charge in [0.1, 0.15) is 11.6 Å². The van der Waals surface area contributed by atoms with Gasteiger partial charge < -0.3 is 9.59 Å². The lowest BCUT2D eigenvalue weighted by Crippen LogP contribution is -2.19. The van der Waals surface area contributed by atoms with Gasteiger partial charge in [-0.1, -0.05) is 0 Å². The van der Waals surface area contributed by atoms with Crippen LogP contribution in [0.2, 0.25) is 0 Å². The van der Waals surface area contributed by atoms with Crippen molar-refractivity contribution in [2.75, 3.05) is 0 Å². The Hall–Kier alpha value is -1.52. The molecule has 0 spiro atoms. The van der Waals surface area contributed by atoms with Crippen LogP contribution in [-0.2, 0) is 14.4 Å². The zero-order chi connectivity index (χ0) is 13.3. The number of carbonyl (C=O) groups excluding carboxylic acids is 3. The third-order valence-electron chi connectivity index (χ3n) is 2.14. The van der Waals surface area contributed by atoms with Gasteiger partial charge in [0.05, 0.1) is 0 Å². The Morgan fingerprint density at radius 1 is 0.882 bits per heavy atom. The summed E-state index contributed by atoms with van der Waals surface area (Å²) >= 11 is 0. The molecule has 0 unspecified atom stereocenters. The molecule has 0 aromatic heterocycles. The number of rotatable bonds is 8. The molecule has 0 fully saturated rings. The van der Waals surface area contributed by atoms with E-state index in [-0.39, 0.29) is 30.3 Å². The molecular weight excluding hydrogens is 220 g/mol.